The standard InChI is InChI=1S/C49H30N2O/c1-2-10-32(11-3-1)43-27-24-34-22-23-35-25-28-44(51-48(35)47(34)50-43)33-20-18-31(19-21-33)36-26-29-46-42(30-36)49(41-16-8-9-17-45(41)52-46)39-14-6-4-12-37(39)38-13-5-7-15-40(38)49/h1-30H. The first-order valence-electron chi connectivity index (χ1n) is 17.7. The summed E-state index contributed by atoms with van der Waals surface area (Å²) < 4.78 is 6.65. The summed E-state index contributed by atoms with van der Waals surface area (Å²) in [6.45, 7) is 0. The lowest BCUT2D eigenvalue weighted by Gasteiger charge is -2.39. The molecule has 242 valence electrons. The van der Waals surface area contributed by atoms with Gasteiger partial charge >= 0.3 is 0 Å². The normalized spacial score (nSPS) is 13.3. The second-order valence-electron chi connectivity index (χ2n) is 13.7. The van der Waals surface area contributed by atoms with E-state index < -0.39 is 5.41 Å². The Hall–Kier alpha value is -6.84. The van der Waals surface area contributed by atoms with Crippen molar-refractivity contribution in [3.63, 3.8) is 0 Å². The van der Waals surface area contributed by atoms with Gasteiger partial charge in [0.1, 0.15) is 11.5 Å². The molecule has 7 aromatic carbocycles. The fourth-order valence-electron chi connectivity index (χ4n) is 8.57. The Labute approximate surface area is 301 Å². The van der Waals surface area contributed by atoms with E-state index in [1.165, 1.54) is 27.8 Å². The number of fused-ring (bicyclic) bond motifs is 12. The maximum absolute atomic E-state index is 6.65. The zero-order valence-corrected chi connectivity index (χ0v) is 28.1. The number of hydrogen-bond acceptors (Lipinski definition) is 3. The zero-order valence-electron chi connectivity index (χ0n) is 28.1. The topological polar surface area (TPSA) is 35.0 Å². The Morgan fingerprint density at radius 1 is 0.346 bits per heavy atom. The largest absolute Gasteiger partial charge is 0.457 e. The molecule has 1 spiro atoms. The quantitative estimate of drug-likeness (QED) is 0.177. The van der Waals surface area contributed by atoms with Crippen LogP contribution in [-0.2, 0) is 5.41 Å². The highest BCUT2D eigenvalue weighted by Gasteiger charge is 2.50. The van der Waals surface area contributed by atoms with Crippen LogP contribution in [0.4, 0.5) is 0 Å². The predicted molar refractivity (Wildman–Crippen MR) is 211 cm³/mol. The molecule has 2 aromatic heterocycles. The number of benzene rings is 7. The maximum atomic E-state index is 6.65. The van der Waals surface area contributed by atoms with Crippen molar-refractivity contribution in [1.82, 2.24) is 9.97 Å². The van der Waals surface area contributed by atoms with Crippen LogP contribution in [0.5, 0.6) is 11.5 Å². The van der Waals surface area contributed by atoms with E-state index >= 15 is 0 Å². The lowest BCUT2D eigenvalue weighted by molar-refractivity contribution is 0.436. The smallest absolute Gasteiger partial charge is 0.132 e. The van der Waals surface area contributed by atoms with Gasteiger partial charge in [-0.3, -0.25) is 0 Å². The fourth-order valence-corrected chi connectivity index (χ4v) is 8.57. The minimum Gasteiger partial charge on any atom is -0.457 e. The summed E-state index contributed by atoms with van der Waals surface area (Å²) >= 11 is 0. The molecular weight excluding hydrogens is 633 g/mol. The highest BCUT2D eigenvalue weighted by Crippen LogP contribution is 2.62. The Bertz CT molecular complexity index is 2830. The average molecular weight is 663 g/mol. The van der Waals surface area contributed by atoms with Gasteiger partial charge in [0.25, 0.3) is 0 Å². The number of para-hydroxylation sites is 1. The molecule has 0 N–H and O–H groups in total. The summed E-state index contributed by atoms with van der Waals surface area (Å²) in [5.74, 6) is 1.79. The third-order valence-corrected chi connectivity index (χ3v) is 11.0. The third kappa shape index (κ3) is 4.14. The van der Waals surface area contributed by atoms with E-state index in [1.807, 2.05) is 18.2 Å². The van der Waals surface area contributed by atoms with E-state index in [4.69, 9.17) is 14.7 Å². The molecule has 3 heterocycles. The van der Waals surface area contributed by atoms with Gasteiger partial charge in [0.2, 0.25) is 0 Å². The van der Waals surface area contributed by atoms with Gasteiger partial charge in [-0.15, -0.1) is 0 Å². The molecule has 0 radical (unpaired) electrons. The van der Waals surface area contributed by atoms with Crippen LogP contribution in [0.3, 0.4) is 0 Å². The Morgan fingerprint density at radius 3 is 1.48 bits per heavy atom. The van der Waals surface area contributed by atoms with Crippen LogP contribution < -0.4 is 4.74 Å². The Balaban J connectivity index is 1.02. The first kappa shape index (κ1) is 28.9. The summed E-state index contributed by atoms with van der Waals surface area (Å²) in [5, 5.41) is 2.16. The summed E-state index contributed by atoms with van der Waals surface area (Å²) in [6, 6.07) is 64.7. The predicted octanol–water partition coefficient (Wildman–Crippen LogP) is 12.3. The van der Waals surface area contributed by atoms with E-state index in [0.717, 1.165) is 72.5 Å². The summed E-state index contributed by atoms with van der Waals surface area (Å²) in [6.07, 6.45) is 0. The van der Waals surface area contributed by atoms with Gasteiger partial charge in [0, 0.05) is 33.0 Å². The summed E-state index contributed by atoms with van der Waals surface area (Å²) in [5.41, 5.74) is 15.1. The van der Waals surface area contributed by atoms with Crippen molar-refractivity contribution in [1.29, 1.82) is 0 Å². The average Bonchev–Trinajstić information content (AvgIpc) is 3.51. The van der Waals surface area contributed by atoms with Gasteiger partial charge in [0.05, 0.1) is 27.8 Å². The lowest BCUT2D eigenvalue weighted by Crippen LogP contribution is -2.32. The molecule has 1 aliphatic heterocycles. The Morgan fingerprint density at radius 2 is 0.827 bits per heavy atom. The molecule has 0 saturated carbocycles. The molecular formula is C49H30N2O. The van der Waals surface area contributed by atoms with Gasteiger partial charge in [-0.1, -0.05) is 152 Å². The van der Waals surface area contributed by atoms with Gasteiger partial charge in [0.15, 0.2) is 0 Å². The Kier molecular flexibility index (Phi) is 6.17. The molecule has 1 aliphatic carbocycles. The van der Waals surface area contributed by atoms with Gasteiger partial charge < -0.3 is 4.74 Å². The van der Waals surface area contributed by atoms with E-state index in [2.05, 4.69) is 164 Å². The molecule has 0 amide bonds. The second-order valence-corrected chi connectivity index (χ2v) is 13.7. The van der Waals surface area contributed by atoms with E-state index in [1.54, 1.807) is 0 Å². The first-order chi connectivity index (χ1) is 25.8. The summed E-state index contributed by atoms with van der Waals surface area (Å²) in [7, 11) is 0. The molecule has 0 atom stereocenters. The molecule has 2 aliphatic rings. The van der Waals surface area contributed by atoms with Crippen molar-refractivity contribution in [2.75, 3.05) is 0 Å². The van der Waals surface area contributed by atoms with Crippen LogP contribution in [0, 0.1) is 0 Å². The van der Waals surface area contributed by atoms with Crippen molar-refractivity contribution < 1.29 is 4.74 Å². The molecule has 0 saturated heterocycles. The van der Waals surface area contributed by atoms with E-state index in [0.29, 0.717) is 0 Å². The molecule has 0 unspecified atom stereocenters. The SMILES string of the molecule is c1ccc(-c2ccc3ccc4ccc(-c5ccc(-c6ccc7c(c6)C6(c8ccccc8O7)c7ccccc7-c7ccccc76)cc5)nc4c3n2)cc1. The van der Waals surface area contributed by atoms with Crippen molar-refractivity contribution in [2.45, 2.75) is 5.41 Å². The fraction of sp³-hybridized carbons (Fsp3) is 0.0204. The molecule has 9 aromatic rings. The van der Waals surface area contributed by atoms with Gasteiger partial charge in [-0.2, -0.15) is 0 Å². The van der Waals surface area contributed by atoms with Crippen LogP contribution in [0.2, 0.25) is 0 Å². The second kappa shape index (κ2) is 11.1. The van der Waals surface area contributed by atoms with Crippen molar-refractivity contribution in [3.05, 3.63) is 204 Å². The number of ether oxygens (including phenoxy) is 1. The van der Waals surface area contributed by atoms with Crippen molar-refractivity contribution >= 4 is 21.8 Å². The number of hydrogen-bond donors (Lipinski definition) is 0. The number of rotatable bonds is 3. The van der Waals surface area contributed by atoms with Crippen LogP contribution in [0.25, 0.3) is 66.6 Å². The molecule has 3 nitrogen and oxygen atoms in total. The molecule has 52 heavy (non-hydrogen) atoms. The molecule has 11 rings (SSSR count). The molecule has 3 heteroatoms. The first-order valence-corrected chi connectivity index (χ1v) is 17.7. The van der Waals surface area contributed by atoms with Crippen LogP contribution in [0.15, 0.2) is 182 Å². The van der Waals surface area contributed by atoms with Crippen molar-refractivity contribution in [3.8, 4) is 56.3 Å². The number of pyridine rings is 2. The van der Waals surface area contributed by atoms with E-state index in [-0.39, 0.29) is 0 Å². The monoisotopic (exact) mass is 662 g/mol. The van der Waals surface area contributed by atoms with Crippen molar-refractivity contribution in [2.24, 2.45) is 0 Å². The maximum Gasteiger partial charge on any atom is 0.132 e. The van der Waals surface area contributed by atoms with Crippen LogP contribution in [0.1, 0.15) is 22.3 Å². The van der Waals surface area contributed by atoms with Crippen LogP contribution in [-0.4, -0.2) is 9.97 Å². The summed E-state index contributed by atoms with van der Waals surface area (Å²) in [4.78, 5) is 10.3. The van der Waals surface area contributed by atoms with E-state index in [9.17, 15) is 0 Å². The van der Waals surface area contributed by atoms with Gasteiger partial charge in [-0.05, 0) is 63.7 Å². The third-order valence-electron chi connectivity index (χ3n) is 11.0. The molecule has 0 bridgehead atoms. The van der Waals surface area contributed by atoms with Crippen LogP contribution >= 0.6 is 0 Å². The number of nitrogens with zero attached hydrogens (tertiary/aromatic N) is 2. The number of aromatic nitrogens is 2. The lowest BCUT2D eigenvalue weighted by atomic mass is 9.66. The zero-order chi connectivity index (χ0) is 34.2. The molecule has 0 fully saturated rings. The minimum absolute atomic E-state index is 0.487. The highest BCUT2D eigenvalue weighted by molar-refractivity contribution is 6.04. The minimum atomic E-state index is -0.487. The highest BCUT2D eigenvalue weighted by atomic mass is 16.5. The van der Waals surface area contributed by atoms with Gasteiger partial charge in [-0.25, -0.2) is 9.97 Å².